The van der Waals surface area contributed by atoms with Crippen molar-refractivity contribution in [3.63, 3.8) is 0 Å². The highest BCUT2D eigenvalue weighted by atomic mass is 32.2. The predicted octanol–water partition coefficient (Wildman–Crippen LogP) is 4.14. The first-order chi connectivity index (χ1) is 11.4. The molecule has 8 heteroatoms. The Bertz CT molecular complexity index is 730. The largest absolute Gasteiger partial charge is 0.416 e. The van der Waals surface area contributed by atoms with Crippen LogP contribution >= 0.6 is 11.8 Å². The number of nitrogens with one attached hydrogen (secondary N) is 1. The minimum absolute atomic E-state index is 0.0475. The van der Waals surface area contributed by atoms with Gasteiger partial charge in [0.2, 0.25) is 5.91 Å². The van der Waals surface area contributed by atoms with Gasteiger partial charge in [0.05, 0.1) is 5.56 Å². The normalized spacial score (nSPS) is 14.5. The molecular weight excluding hydrogens is 339 g/mol. The molecule has 1 aliphatic carbocycles. The summed E-state index contributed by atoms with van der Waals surface area (Å²) in [5.41, 5.74) is -0.104. The smallest absolute Gasteiger partial charge is 0.309 e. The minimum Gasteiger partial charge on any atom is -0.309 e. The number of hydrogen-bond donors (Lipinski definition) is 1. The van der Waals surface area contributed by atoms with Crippen LogP contribution in [0.1, 0.15) is 24.0 Å². The quantitative estimate of drug-likeness (QED) is 0.821. The lowest BCUT2D eigenvalue weighted by atomic mass is 10.1. The first-order valence-corrected chi connectivity index (χ1v) is 8.34. The lowest BCUT2D eigenvalue weighted by Gasteiger charge is -2.08. The molecule has 0 spiro atoms. The molecule has 1 aromatic heterocycles. The maximum Gasteiger partial charge on any atom is 0.416 e. The second-order valence-electron chi connectivity index (χ2n) is 5.51. The molecule has 24 heavy (non-hydrogen) atoms. The van der Waals surface area contributed by atoms with Crippen LogP contribution in [0.4, 0.5) is 19.0 Å². The fourth-order valence-corrected chi connectivity index (χ4v) is 2.79. The molecule has 0 unspecified atom stereocenters. The van der Waals surface area contributed by atoms with Crippen molar-refractivity contribution in [1.82, 2.24) is 10.2 Å². The third-order valence-electron chi connectivity index (χ3n) is 3.48. The number of nitrogens with zero attached hydrogens (tertiary/aromatic N) is 2. The molecule has 4 nitrogen and oxygen atoms in total. The van der Waals surface area contributed by atoms with Gasteiger partial charge in [-0.05, 0) is 36.6 Å². The number of carbonyl (C=O) groups is 1. The maximum absolute atomic E-state index is 12.7. The van der Waals surface area contributed by atoms with Gasteiger partial charge in [-0.1, -0.05) is 30.0 Å². The Balaban J connectivity index is 1.57. The first-order valence-electron chi connectivity index (χ1n) is 7.35. The van der Waals surface area contributed by atoms with Crippen LogP contribution in [0.25, 0.3) is 0 Å². The van der Waals surface area contributed by atoms with Crippen LogP contribution in [0.3, 0.4) is 0 Å². The molecule has 0 bridgehead atoms. The van der Waals surface area contributed by atoms with Gasteiger partial charge in [-0.15, -0.1) is 10.2 Å². The SMILES string of the molecule is O=C(Nc1ccc(SCc2cccc(C(F)(F)F)c2)nn1)C1CC1. The number of amides is 1. The summed E-state index contributed by atoms with van der Waals surface area (Å²) in [5.74, 6) is 0.776. The van der Waals surface area contributed by atoms with Crippen LogP contribution in [-0.4, -0.2) is 16.1 Å². The van der Waals surface area contributed by atoms with E-state index < -0.39 is 11.7 Å². The topological polar surface area (TPSA) is 54.9 Å². The van der Waals surface area contributed by atoms with Gasteiger partial charge in [-0.25, -0.2) is 0 Å². The predicted molar refractivity (Wildman–Crippen MR) is 84.4 cm³/mol. The van der Waals surface area contributed by atoms with Crippen molar-refractivity contribution < 1.29 is 18.0 Å². The van der Waals surface area contributed by atoms with E-state index in [0.29, 0.717) is 22.2 Å². The fourth-order valence-electron chi connectivity index (χ4n) is 2.03. The van der Waals surface area contributed by atoms with Crippen molar-refractivity contribution in [2.45, 2.75) is 29.8 Å². The molecule has 3 rings (SSSR count). The van der Waals surface area contributed by atoms with E-state index in [1.807, 2.05) is 0 Å². The summed E-state index contributed by atoms with van der Waals surface area (Å²) >= 11 is 1.29. The fraction of sp³-hybridized carbons (Fsp3) is 0.312. The van der Waals surface area contributed by atoms with E-state index in [1.54, 1.807) is 18.2 Å². The van der Waals surface area contributed by atoms with Crippen molar-refractivity contribution in [2.75, 3.05) is 5.32 Å². The Hall–Kier alpha value is -2.09. The summed E-state index contributed by atoms with van der Waals surface area (Å²) in [6.07, 6.45) is -2.53. The highest BCUT2D eigenvalue weighted by molar-refractivity contribution is 7.98. The average Bonchev–Trinajstić information content (AvgIpc) is 3.39. The van der Waals surface area contributed by atoms with Crippen LogP contribution in [0.5, 0.6) is 0 Å². The molecule has 1 saturated carbocycles. The lowest BCUT2D eigenvalue weighted by molar-refractivity contribution is -0.137. The summed E-state index contributed by atoms with van der Waals surface area (Å²) in [7, 11) is 0. The monoisotopic (exact) mass is 353 g/mol. The van der Waals surface area contributed by atoms with E-state index in [0.717, 1.165) is 25.0 Å². The second kappa shape index (κ2) is 6.80. The Morgan fingerprint density at radius 1 is 1.21 bits per heavy atom. The second-order valence-corrected chi connectivity index (χ2v) is 6.50. The zero-order chi connectivity index (χ0) is 17.2. The van der Waals surface area contributed by atoms with Crippen LogP contribution < -0.4 is 5.32 Å². The molecule has 1 heterocycles. The zero-order valence-corrected chi connectivity index (χ0v) is 13.3. The van der Waals surface area contributed by atoms with Gasteiger partial charge in [0.1, 0.15) is 5.03 Å². The van der Waals surface area contributed by atoms with Gasteiger partial charge >= 0.3 is 6.18 Å². The maximum atomic E-state index is 12.7. The number of alkyl halides is 3. The van der Waals surface area contributed by atoms with Crippen LogP contribution in [0.2, 0.25) is 0 Å². The minimum atomic E-state index is -4.35. The molecule has 1 fully saturated rings. The number of halogens is 3. The highest BCUT2D eigenvalue weighted by Crippen LogP contribution is 2.31. The molecule has 126 valence electrons. The van der Waals surface area contributed by atoms with Gasteiger partial charge in [0.15, 0.2) is 5.82 Å². The number of aromatic nitrogens is 2. The van der Waals surface area contributed by atoms with E-state index in [1.165, 1.54) is 17.8 Å². The van der Waals surface area contributed by atoms with Crippen LogP contribution in [0, 0.1) is 5.92 Å². The van der Waals surface area contributed by atoms with Crippen molar-refractivity contribution in [2.24, 2.45) is 5.92 Å². The number of anilines is 1. The van der Waals surface area contributed by atoms with E-state index in [4.69, 9.17) is 0 Å². The third-order valence-corrected chi connectivity index (χ3v) is 4.47. The van der Waals surface area contributed by atoms with Crippen molar-refractivity contribution in [3.8, 4) is 0 Å². The zero-order valence-electron chi connectivity index (χ0n) is 12.5. The number of carbonyl (C=O) groups excluding carboxylic acids is 1. The van der Waals surface area contributed by atoms with Gasteiger partial charge in [-0.2, -0.15) is 13.2 Å². The molecule has 1 N–H and O–H groups in total. The van der Waals surface area contributed by atoms with Crippen molar-refractivity contribution in [1.29, 1.82) is 0 Å². The average molecular weight is 353 g/mol. The standard InChI is InChI=1S/C16H14F3N3OS/c17-16(18,19)12-3-1-2-10(8-12)9-24-14-7-6-13(21-22-14)20-15(23)11-4-5-11/h1-3,6-8,11H,4-5,9H2,(H,20,21,23). The molecule has 0 radical (unpaired) electrons. The number of rotatable bonds is 5. The van der Waals surface area contributed by atoms with Gasteiger partial charge in [-0.3, -0.25) is 4.79 Å². The van der Waals surface area contributed by atoms with E-state index in [9.17, 15) is 18.0 Å². The first kappa shape index (κ1) is 16.8. The Labute approximate surface area is 140 Å². The molecule has 0 saturated heterocycles. The molecule has 1 aliphatic rings. The summed E-state index contributed by atoms with van der Waals surface area (Å²) in [5, 5.41) is 11.2. The summed E-state index contributed by atoms with van der Waals surface area (Å²) in [4.78, 5) is 11.6. The molecule has 1 amide bonds. The molecule has 0 atom stereocenters. The van der Waals surface area contributed by atoms with E-state index in [-0.39, 0.29) is 11.8 Å². The summed E-state index contributed by atoms with van der Waals surface area (Å²) in [6, 6.07) is 8.53. The highest BCUT2D eigenvalue weighted by Gasteiger charge is 2.30. The summed E-state index contributed by atoms with van der Waals surface area (Å²) < 4.78 is 38.0. The molecule has 0 aliphatic heterocycles. The van der Waals surface area contributed by atoms with Gasteiger partial charge in [0, 0.05) is 11.7 Å². The van der Waals surface area contributed by atoms with E-state index >= 15 is 0 Å². The summed E-state index contributed by atoms with van der Waals surface area (Å²) in [6.45, 7) is 0. The Morgan fingerprint density at radius 2 is 2.00 bits per heavy atom. The van der Waals surface area contributed by atoms with Crippen LogP contribution in [-0.2, 0) is 16.7 Å². The number of thioether (sulfide) groups is 1. The lowest BCUT2D eigenvalue weighted by Crippen LogP contribution is -2.14. The molecular formula is C16H14F3N3OS. The molecule has 1 aromatic carbocycles. The van der Waals surface area contributed by atoms with Crippen LogP contribution in [0.15, 0.2) is 41.4 Å². The van der Waals surface area contributed by atoms with E-state index in [2.05, 4.69) is 15.5 Å². The van der Waals surface area contributed by atoms with Crippen molar-refractivity contribution >= 4 is 23.5 Å². The Kier molecular flexibility index (Phi) is 4.75. The van der Waals surface area contributed by atoms with Crippen molar-refractivity contribution in [3.05, 3.63) is 47.5 Å². The van der Waals surface area contributed by atoms with Gasteiger partial charge in [0.25, 0.3) is 0 Å². The number of hydrogen-bond acceptors (Lipinski definition) is 4. The number of benzene rings is 1. The third kappa shape index (κ3) is 4.47. The Morgan fingerprint density at radius 3 is 2.62 bits per heavy atom. The van der Waals surface area contributed by atoms with Gasteiger partial charge < -0.3 is 5.32 Å². The molecule has 2 aromatic rings.